The van der Waals surface area contributed by atoms with Crippen LogP contribution in [0.4, 0.5) is 0 Å². The largest absolute Gasteiger partial charge is 0.490 e. The van der Waals surface area contributed by atoms with Gasteiger partial charge in [0.15, 0.2) is 17.3 Å². The molecule has 5 heteroatoms. The first kappa shape index (κ1) is 12.4. The van der Waals surface area contributed by atoms with Gasteiger partial charge < -0.3 is 15.2 Å². The fourth-order valence-electron chi connectivity index (χ4n) is 1.66. The Morgan fingerprint density at radius 1 is 1.29 bits per heavy atom. The van der Waals surface area contributed by atoms with Crippen LogP contribution in [0.25, 0.3) is 0 Å². The summed E-state index contributed by atoms with van der Waals surface area (Å²) in [5.74, 6) is 1.32. The van der Waals surface area contributed by atoms with Crippen molar-refractivity contribution in [3.8, 4) is 11.5 Å². The number of benzene rings is 1. The Bertz CT molecular complexity index is 434. The summed E-state index contributed by atoms with van der Waals surface area (Å²) in [6.45, 7) is 1.59. The maximum Gasteiger partial charge on any atom is 0.165 e. The van der Waals surface area contributed by atoms with E-state index in [1.165, 1.54) is 0 Å². The number of halogens is 1. The minimum Gasteiger partial charge on any atom is -0.490 e. The number of carbonyl (C=O) groups is 1. The van der Waals surface area contributed by atoms with Crippen molar-refractivity contribution in [3.05, 3.63) is 22.2 Å². The summed E-state index contributed by atoms with van der Waals surface area (Å²) in [6.07, 6.45) is 1.18. The second-order valence-electron chi connectivity index (χ2n) is 3.79. The van der Waals surface area contributed by atoms with E-state index in [4.69, 9.17) is 15.2 Å². The molecule has 1 heterocycles. The molecule has 1 aliphatic rings. The van der Waals surface area contributed by atoms with Crippen molar-refractivity contribution in [2.45, 2.75) is 12.8 Å². The van der Waals surface area contributed by atoms with E-state index < -0.39 is 0 Å². The van der Waals surface area contributed by atoms with Crippen LogP contribution in [0.2, 0.25) is 0 Å². The number of ketones is 1. The molecule has 0 spiro atoms. The molecule has 0 aliphatic carbocycles. The van der Waals surface area contributed by atoms with Crippen molar-refractivity contribution in [2.24, 2.45) is 5.73 Å². The number of rotatable bonds is 3. The molecule has 2 rings (SSSR count). The van der Waals surface area contributed by atoms with E-state index in [2.05, 4.69) is 15.9 Å². The minimum atomic E-state index is 0.00928. The molecule has 0 aromatic heterocycles. The molecule has 0 radical (unpaired) electrons. The quantitative estimate of drug-likeness (QED) is 0.869. The Morgan fingerprint density at radius 2 is 1.94 bits per heavy atom. The number of carbonyl (C=O) groups excluding carboxylic acids is 1. The topological polar surface area (TPSA) is 61.6 Å². The van der Waals surface area contributed by atoms with E-state index in [-0.39, 0.29) is 5.78 Å². The number of fused-ring (bicyclic) bond motifs is 1. The Labute approximate surface area is 108 Å². The molecule has 1 aromatic carbocycles. The predicted molar refractivity (Wildman–Crippen MR) is 67.8 cm³/mol. The zero-order chi connectivity index (χ0) is 12.3. The SMILES string of the molecule is NCCC(=O)c1cc2c(cc1Br)OCCCO2. The summed E-state index contributed by atoms with van der Waals surface area (Å²) in [5.41, 5.74) is 5.98. The first-order valence-electron chi connectivity index (χ1n) is 5.55. The summed E-state index contributed by atoms with van der Waals surface area (Å²) in [4.78, 5) is 11.8. The number of Topliss-reactive ketones (excluding diaryl/α,β-unsaturated/α-hetero) is 1. The highest BCUT2D eigenvalue weighted by Gasteiger charge is 2.17. The monoisotopic (exact) mass is 299 g/mol. The maximum atomic E-state index is 11.8. The number of hydrogen-bond acceptors (Lipinski definition) is 4. The standard InChI is InChI=1S/C12H14BrNO3/c13-9-7-12-11(16-4-1-5-17-12)6-8(9)10(15)2-3-14/h6-7H,1-5,14H2. The third-order valence-electron chi connectivity index (χ3n) is 2.51. The Kier molecular flexibility index (Phi) is 4.02. The molecule has 0 amide bonds. The molecule has 17 heavy (non-hydrogen) atoms. The van der Waals surface area contributed by atoms with Gasteiger partial charge in [0.1, 0.15) is 0 Å². The van der Waals surface area contributed by atoms with E-state index >= 15 is 0 Å². The molecule has 1 aromatic rings. The third kappa shape index (κ3) is 2.79. The lowest BCUT2D eigenvalue weighted by atomic mass is 10.1. The molecule has 0 saturated carbocycles. The molecule has 2 N–H and O–H groups in total. The van der Waals surface area contributed by atoms with E-state index in [0.717, 1.165) is 10.9 Å². The van der Waals surface area contributed by atoms with Crippen LogP contribution >= 0.6 is 15.9 Å². The summed E-state index contributed by atoms with van der Waals surface area (Å²) in [6, 6.07) is 3.51. The zero-order valence-corrected chi connectivity index (χ0v) is 11.0. The van der Waals surface area contributed by atoms with Crippen molar-refractivity contribution < 1.29 is 14.3 Å². The van der Waals surface area contributed by atoms with Gasteiger partial charge in [-0.15, -0.1) is 0 Å². The maximum absolute atomic E-state index is 11.8. The molecular formula is C12H14BrNO3. The zero-order valence-electron chi connectivity index (χ0n) is 9.37. The fourth-order valence-corrected chi connectivity index (χ4v) is 2.21. The van der Waals surface area contributed by atoms with Crippen LogP contribution in [-0.4, -0.2) is 25.5 Å². The van der Waals surface area contributed by atoms with Crippen LogP contribution in [0.15, 0.2) is 16.6 Å². The van der Waals surface area contributed by atoms with Crippen LogP contribution in [-0.2, 0) is 0 Å². The average molecular weight is 300 g/mol. The van der Waals surface area contributed by atoms with Gasteiger partial charge in [0.2, 0.25) is 0 Å². The Balaban J connectivity index is 2.35. The minimum absolute atomic E-state index is 0.00928. The van der Waals surface area contributed by atoms with Gasteiger partial charge in [0.25, 0.3) is 0 Å². The second kappa shape index (κ2) is 5.51. The van der Waals surface area contributed by atoms with Gasteiger partial charge >= 0.3 is 0 Å². The van der Waals surface area contributed by atoms with Crippen LogP contribution < -0.4 is 15.2 Å². The normalized spacial score (nSPS) is 14.2. The predicted octanol–water partition coefficient (Wildman–Crippen LogP) is 2.14. The van der Waals surface area contributed by atoms with E-state index in [1.807, 2.05) is 0 Å². The molecule has 0 fully saturated rings. The molecule has 4 nitrogen and oxygen atoms in total. The summed E-state index contributed by atoms with van der Waals surface area (Å²) < 4.78 is 11.8. The average Bonchev–Trinajstić information content (AvgIpc) is 2.52. The van der Waals surface area contributed by atoms with Crippen molar-refractivity contribution in [1.29, 1.82) is 0 Å². The van der Waals surface area contributed by atoms with Crippen LogP contribution in [0.3, 0.4) is 0 Å². The molecule has 92 valence electrons. The Hall–Kier alpha value is -1.07. The van der Waals surface area contributed by atoms with Crippen molar-refractivity contribution in [1.82, 2.24) is 0 Å². The molecule has 0 atom stereocenters. The Morgan fingerprint density at radius 3 is 2.59 bits per heavy atom. The first-order chi connectivity index (χ1) is 8.22. The molecule has 0 unspecified atom stereocenters. The molecule has 0 saturated heterocycles. The van der Waals surface area contributed by atoms with Gasteiger partial charge in [0, 0.05) is 22.9 Å². The van der Waals surface area contributed by atoms with Crippen LogP contribution in [0.5, 0.6) is 11.5 Å². The van der Waals surface area contributed by atoms with Crippen molar-refractivity contribution in [3.63, 3.8) is 0 Å². The highest BCUT2D eigenvalue weighted by Crippen LogP contribution is 2.35. The summed E-state index contributed by atoms with van der Waals surface area (Å²) in [5, 5.41) is 0. The lowest BCUT2D eigenvalue weighted by Gasteiger charge is -2.10. The lowest BCUT2D eigenvalue weighted by molar-refractivity contribution is 0.0984. The third-order valence-corrected chi connectivity index (χ3v) is 3.17. The molecule has 0 bridgehead atoms. The molecular weight excluding hydrogens is 286 g/mol. The van der Waals surface area contributed by atoms with Gasteiger partial charge in [-0.05, 0) is 34.6 Å². The van der Waals surface area contributed by atoms with E-state index in [0.29, 0.717) is 43.2 Å². The number of ether oxygens (including phenoxy) is 2. The summed E-state index contributed by atoms with van der Waals surface area (Å²) >= 11 is 3.37. The van der Waals surface area contributed by atoms with Crippen molar-refractivity contribution >= 4 is 21.7 Å². The van der Waals surface area contributed by atoms with Crippen molar-refractivity contribution in [2.75, 3.05) is 19.8 Å². The van der Waals surface area contributed by atoms with Gasteiger partial charge in [0.05, 0.1) is 13.2 Å². The van der Waals surface area contributed by atoms with Gasteiger partial charge in [-0.2, -0.15) is 0 Å². The highest BCUT2D eigenvalue weighted by molar-refractivity contribution is 9.10. The van der Waals surface area contributed by atoms with E-state index in [1.54, 1.807) is 12.1 Å². The summed E-state index contributed by atoms with van der Waals surface area (Å²) in [7, 11) is 0. The number of nitrogens with two attached hydrogens (primary N) is 1. The second-order valence-corrected chi connectivity index (χ2v) is 4.65. The highest BCUT2D eigenvalue weighted by atomic mass is 79.9. The van der Waals surface area contributed by atoms with Crippen LogP contribution in [0, 0.1) is 0 Å². The fraction of sp³-hybridized carbons (Fsp3) is 0.417. The van der Waals surface area contributed by atoms with Gasteiger partial charge in [-0.1, -0.05) is 0 Å². The van der Waals surface area contributed by atoms with Crippen LogP contribution in [0.1, 0.15) is 23.2 Å². The van der Waals surface area contributed by atoms with Gasteiger partial charge in [-0.3, -0.25) is 4.79 Å². The molecule has 1 aliphatic heterocycles. The first-order valence-corrected chi connectivity index (χ1v) is 6.34. The smallest absolute Gasteiger partial charge is 0.165 e. The number of hydrogen-bond donors (Lipinski definition) is 1. The van der Waals surface area contributed by atoms with E-state index in [9.17, 15) is 4.79 Å². The van der Waals surface area contributed by atoms with Gasteiger partial charge in [-0.25, -0.2) is 0 Å². The lowest BCUT2D eigenvalue weighted by Crippen LogP contribution is -2.09.